The monoisotopic (exact) mass is 262 g/mol. The second kappa shape index (κ2) is 5.95. The number of ether oxygens (including phenoxy) is 1. The Morgan fingerprint density at radius 1 is 1.32 bits per heavy atom. The molecular weight excluding hydrogens is 240 g/mol. The van der Waals surface area contributed by atoms with Crippen molar-refractivity contribution in [3.63, 3.8) is 0 Å². The van der Waals surface area contributed by atoms with Crippen LogP contribution in [0.1, 0.15) is 26.7 Å². The number of amides is 1. The van der Waals surface area contributed by atoms with Crippen LogP contribution in [0.5, 0.6) is 5.75 Å². The average Bonchev–Trinajstić information content (AvgIpc) is 2.92. The number of hydrogen-bond acceptors (Lipinski definition) is 3. The van der Waals surface area contributed by atoms with Gasteiger partial charge in [0.1, 0.15) is 5.75 Å². The number of benzene rings is 1. The summed E-state index contributed by atoms with van der Waals surface area (Å²) in [7, 11) is 1.64. The second-order valence-electron chi connectivity index (χ2n) is 5.22. The number of hydrogen-bond donors (Lipinski definition) is 1. The number of rotatable bonds is 4. The molecule has 0 saturated carbocycles. The van der Waals surface area contributed by atoms with Gasteiger partial charge in [0.25, 0.3) is 0 Å². The maximum Gasteiger partial charge on any atom is 0.226 e. The van der Waals surface area contributed by atoms with Crippen LogP contribution in [0.15, 0.2) is 18.2 Å². The summed E-state index contributed by atoms with van der Waals surface area (Å²) in [5, 5.41) is 3.00. The van der Waals surface area contributed by atoms with Gasteiger partial charge in [-0.25, -0.2) is 0 Å². The zero-order chi connectivity index (χ0) is 13.8. The van der Waals surface area contributed by atoms with E-state index in [9.17, 15) is 4.79 Å². The number of nitrogens with zero attached hydrogens (tertiary/aromatic N) is 1. The molecule has 104 valence electrons. The van der Waals surface area contributed by atoms with Crippen molar-refractivity contribution < 1.29 is 9.53 Å². The number of nitrogens with one attached hydrogen (secondary N) is 1. The van der Waals surface area contributed by atoms with Gasteiger partial charge in [-0.1, -0.05) is 13.8 Å². The molecule has 0 atom stereocenters. The largest absolute Gasteiger partial charge is 0.497 e. The Kier molecular flexibility index (Phi) is 4.30. The van der Waals surface area contributed by atoms with E-state index in [-0.39, 0.29) is 11.8 Å². The average molecular weight is 262 g/mol. The molecule has 1 amide bonds. The van der Waals surface area contributed by atoms with E-state index in [2.05, 4.69) is 10.2 Å². The summed E-state index contributed by atoms with van der Waals surface area (Å²) in [5.41, 5.74) is 1.94. The number of methoxy groups -OCH3 is 1. The fourth-order valence-corrected chi connectivity index (χ4v) is 2.25. The van der Waals surface area contributed by atoms with Gasteiger partial charge in [-0.3, -0.25) is 4.79 Å². The molecule has 0 aliphatic carbocycles. The van der Waals surface area contributed by atoms with E-state index < -0.39 is 0 Å². The standard InChI is InChI=1S/C15H22N2O2/c1-11(2)15(18)16-13-10-12(19-3)6-7-14(13)17-8-4-5-9-17/h6-7,10-11H,4-5,8-9H2,1-3H3,(H,16,18). The van der Waals surface area contributed by atoms with E-state index in [0.29, 0.717) is 0 Å². The van der Waals surface area contributed by atoms with Crippen molar-refractivity contribution in [2.24, 2.45) is 5.92 Å². The Hall–Kier alpha value is -1.71. The predicted molar refractivity (Wildman–Crippen MR) is 77.9 cm³/mol. The van der Waals surface area contributed by atoms with Gasteiger partial charge < -0.3 is 15.0 Å². The van der Waals surface area contributed by atoms with E-state index in [1.807, 2.05) is 32.0 Å². The first kappa shape index (κ1) is 13.7. The summed E-state index contributed by atoms with van der Waals surface area (Å²) >= 11 is 0. The van der Waals surface area contributed by atoms with Crippen molar-refractivity contribution in [2.75, 3.05) is 30.4 Å². The van der Waals surface area contributed by atoms with Crippen LogP contribution in [-0.2, 0) is 4.79 Å². The summed E-state index contributed by atoms with van der Waals surface area (Å²) in [6, 6.07) is 5.87. The number of carbonyl (C=O) groups is 1. The normalized spacial score (nSPS) is 14.8. The molecule has 1 aliphatic heterocycles. The van der Waals surface area contributed by atoms with Gasteiger partial charge in [-0.2, -0.15) is 0 Å². The van der Waals surface area contributed by atoms with Crippen LogP contribution < -0.4 is 15.0 Å². The third-order valence-electron chi connectivity index (χ3n) is 3.43. The summed E-state index contributed by atoms with van der Waals surface area (Å²) in [6.45, 7) is 5.89. The van der Waals surface area contributed by atoms with Crippen molar-refractivity contribution in [1.82, 2.24) is 0 Å². The predicted octanol–water partition coefficient (Wildman–Crippen LogP) is 2.89. The Labute approximate surface area is 114 Å². The lowest BCUT2D eigenvalue weighted by Crippen LogP contribution is -2.23. The molecule has 0 unspecified atom stereocenters. The van der Waals surface area contributed by atoms with Crippen LogP contribution in [0.25, 0.3) is 0 Å². The van der Waals surface area contributed by atoms with Gasteiger partial charge in [-0.05, 0) is 25.0 Å². The maximum atomic E-state index is 11.9. The van der Waals surface area contributed by atoms with E-state index in [1.165, 1.54) is 12.8 Å². The van der Waals surface area contributed by atoms with Gasteiger partial charge in [0.15, 0.2) is 0 Å². The minimum absolute atomic E-state index is 0.0300. The molecule has 19 heavy (non-hydrogen) atoms. The number of carbonyl (C=O) groups excluding carboxylic acids is 1. The third kappa shape index (κ3) is 3.19. The minimum atomic E-state index is -0.0300. The highest BCUT2D eigenvalue weighted by molar-refractivity contribution is 5.95. The smallest absolute Gasteiger partial charge is 0.226 e. The van der Waals surface area contributed by atoms with E-state index in [4.69, 9.17) is 4.74 Å². The molecule has 1 fully saturated rings. The van der Waals surface area contributed by atoms with Crippen LogP contribution in [0.3, 0.4) is 0 Å². The summed E-state index contributed by atoms with van der Waals surface area (Å²) in [4.78, 5) is 14.2. The van der Waals surface area contributed by atoms with Crippen molar-refractivity contribution >= 4 is 17.3 Å². The van der Waals surface area contributed by atoms with Crippen molar-refractivity contribution in [2.45, 2.75) is 26.7 Å². The van der Waals surface area contributed by atoms with Gasteiger partial charge >= 0.3 is 0 Å². The molecule has 4 nitrogen and oxygen atoms in total. The SMILES string of the molecule is COc1ccc(N2CCCC2)c(NC(=O)C(C)C)c1. The highest BCUT2D eigenvalue weighted by Crippen LogP contribution is 2.32. The van der Waals surface area contributed by atoms with Gasteiger partial charge in [0, 0.05) is 25.1 Å². The lowest BCUT2D eigenvalue weighted by molar-refractivity contribution is -0.118. The Morgan fingerprint density at radius 2 is 2.00 bits per heavy atom. The lowest BCUT2D eigenvalue weighted by atomic mass is 10.2. The third-order valence-corrected chi connectivity index (χ3v) is 3.43. The van der Waals surface area contributed by atoms with E-state index >= 15 is 0 Å². The van der Waals surface area contributed by atoms with Gasteiger partial charge in [0.2, 0.25) is 5.91 Å². The summed E-state index contributed by atoms with van der Waals surface area (Å²) < 4.78 is 5.24. The number of anilines is 2. The molecule has 1 heterocycles. The molecule has 1 N–H and O–H groups in total. The maximum absolute atomic E-state index is 11.9. The van der Waals surface area contributed by atoms with Gasteiger partial charge in [-0.15, -0.1) is 0 Å². The fourth-order valence-electron chi connectivity index (χ4n) is 2.25. The van der Waals surface area contributed by atoms with E-state index in [0.717, 1.165) is 30.2 Å². The van der Waals surface area contributed by atoms with Crippen LogP contribution in [-0.4, -0.2) is 26.1 Å². The van der Waals surface area contributed by atoms with Crippen molar-refractivity contribution in [1.29, 1.82) is 0 Å². The summed E-state index contributed by atoms with van der Waals surface area (Å²) in [6.07, 6.45) is 2.42. The van der Waals surface area contributed by atoms with Crippen molar-refractivity contribution in [3.05, 3.63) is 18.2 Å². The zero-order valence-electron chi connectivity index (χ0n) is 11.9. The highest BCUT2D eigenvalue weighted by atomic mass is 16.5. The molecule has 4 heteroatoms. The minimum Gasteiger partial charge on any atom is -0.497 e. The second-order valence-corrected chi connectivity index (χ2v) is 5.22. The topological polar surface area (TPSA) is 41.6 Å². The van der Waals surface area contributed by atoms with Crippen LogP contribution in [0, 0.1) is 5.92 Å². The molecule has 0 bridgehead atoms. The van der Waals surface area contributed by atoms with Crippen LogP contribution in [0.4, 0.5) is 11.4 Å². The lowest BCUT2D eigenvalue weighted by Gasteiger charge is -2.22. The van der Waals surface area contributed by atoms with Crippen molar-refractivity contribution in [3.8, 4) is 5.75 Å². The Balaban J connectivity index is 2.28. The first-order chi connectivity index (χ1) is 9.11. The molecule has 1 aromatic rings. The molecule has 0 radical (unpaired) electrons. The van der Waals surface area contributed by atoms with Gasteiger partial charge in [0.05, 0.1) is 18.5 Å². The first-order valence-electron chi connectivity index (χ1n) is 6.85. The molecule has 1 aromatic carbocycles. The molecule has 0 aromatic heterocycles. The quantitative estimate of drug-likeness (QED) is 0.907. The molecule has 0 spiro atoms. The Bertz CT molecular complexity index is 451. The fraction of sp³-hybridized carbons (Fsp3) is 0.533. The van der Waals surface area contributed by atoms with Crippen LogP contribution in [0.2, 0.25) is 0 Å². The Morgan fingerprint density at radius 3 is 2.58 bits per heavy atom. The summed E-state index contributed by atoms with van der Waals surface area (Å²) in [5.74, 6) is 0.772. The molecule has 1 aliphatic rings. The van der Waals surface area contributed by atoms with Crippen LogP contribution >= 0.6 is 0 Å². The zero-order valence-corrected chi connectivity index (χ0v) is 11.9. The highest BCUT2D eigenvalue weighted by Gasteiger charge is 2.18. The molecule has 1 saturated heterocycles. The molecule has 2 rings (SSSR count). The van der Waals surface area contributed by atoms with E-state index in [1.54, 1.807) is 7.11 Å². The first-order valence-corrected chi connectivity index (χ1v) is 6.85. The molecular formula is C15H22N2O2.